The summed E-state index contributed by atoms with van der Waals surface area (Å²) in [5.41, 5.74) is 2.30. The van der Waals surface area contributed by atoms with E-state index in [1.54, 1.807) is 5.51 Å². The van der Waals surface area contributed by atoms with Crippen LogP contribution in [0.5, 0.6) is 0 Å². The molecule has 3 aromatic heterocycles. The van der Waals surface area contributed by atoms with E-state index in [0.717, 1.165) is 21.5 Å². The lowest BCUT2D eigenvalue weighted by Gasteiger charge is -1.97. The van der Waals surface area contributed by atoms with Crippen molar-refractivity contribution in [3.05, 3.63) is 32.6 Å². The molecule has 0 bridgehead atoms. The van der Waals surface area contributed by atoms with Crippen LogP contribution in [0, 0.1) is 0 Å². The van der Waals surface area contributed by atoms with Gasteiger partial charge in [0.25, 0.3) is 5.56 Å². The lowest BCUT2D eigenvalue weighted by Crippen LogP contribution is -2.15. The van der Waals surface area contributed by atoms with Crippen molar-refractivity contribution in [3.63, 3.8) is 0 Å². The van der Waals surface area contributed by atoms with Crippen LogP contribution >= 0.6 is 34.4 Å². The maximum atomic E-state index is 11.9. The summed E-state index contributed by atoms with van der Waals surface area (Å²) >= 11 is 4.46. The van der Waals surface area contributed by atoms with E-state index in [4.69, 9.17) is 0 Å². The van der Waals surface area contributed by atoms with Crippen molar-refractivity contribution in [3.8, 4) is 0 Å². The molecule has 0 aliphatic heterocycles. The van der Waals surface area contributed by atoms with Crippen molar-refractivity contribution in [2.75, 3.05) is 0 Å². The molecular weight excluding hydrogens is 302 g/mol. The zero-order valence-electron chi connectivity index (χ0n) is 9.94. The van der Waals surface area contributed by atoms with E-state index in [0.29, 0.717) is 10.7 Å². The fourth-order valence-corrected chi connectivity index (χ4v) is 3.71. The fraction of sp³-hybridized carbons (Fsp3) is 0.300. The summed E-state index contributed by atoms with van der Waals surface area (Å²) in [6, 6.07) is 1.53. The van der Waals surface area contributed by atoms with Crippen LogP contribution in [0.4, 0.5) is 0 Å². The topological polar surface area (TPSA) is 73.0 Å². The van der Waals surface area contributed by atoms with Crippen LogP contribution in [0.3, 0.4) is 0 Å². The summed E-state index contributed by atoms with van der Waals surface area (Å²) in [6.45, 7) is 2.01. The van der Waals surface area contributed by atoms with Gasteiger partial charge in [-0.15, -0.1) is 10.2 Å². The van der Waals surface area contributed by atoms with Crippen molar-refractivity contribution < 1.29 is 0 Å². The van der Waals surface area contributed by atoms with Gasteiger partial charge in [-0.05, 0) is 6.42 Å². The van der Waals surface area contributed by atoms with E-state index in [2.05, 4.69) is 20.3 Å². The van der Waals surface area contributed by atoms with Crippen molar-refractivity contribution in [1.82, 2.24) is 24.8 Å². The fourth-order valence-electron chi connectivity index (χ4n) is 1.47. The molecule has 98 valence electrons. The predicted molar refractivity (Wildman–Crippen MR) is 76.0 cm³/mol. The summed E-state index contributed by atoms with van der Waals surface area (Å²) < 4.78 is 2.24. The SMILES string of the molecule is CCc1nn2c(=O)cc(CSc3nncs3)nc2s1. The summed E-state index contributed by atoms with van der Waals surface area (Å²) in [6.07, 6.45) is 0.808. The van der Waals surface area contributed by atoms with E-state index < -0.39 is 0 Å². The Kier molecular flexibility index (Phi) is 3.58. The minimum Gasteiger partial charge on any atom is -0.267 e. The number of thioether (sulfide) groups is 1. The van der Waals surface area contributed by atoms with Crippen LogP contribution in [-0.4, -0.2) is 24.8 Å². The van der Waals surface area contributed by atoms with Gasteiger partial charge >= 0.3 is 0 Å². The molecule has 0 saturated heterocycles. The third-order valence-corrected chi connectivity index (χ3v) is 5.27. The summed E-state index contributed by atoms with van der Waals surface area (Å²) in [7, 11) is 0. The molecule has 0 amide bonds. The molecule has 9 heteroatoms. The van der Waals surface area contributed by atoms with E-state index in [1.165, 1.54) is 45.0 Å². The van der Waals surface area contributed by atoms with Gasteiger partial charge in [0.05, 0.1) is 5.69 Å². The Labute approximate surface area is 120 Å². The molecule has 0 aliphatic rings. The zero-order valence-corrected chi connectivity index (χ0v) is 12.4. The van der Waals surface area contributed by atoms with Gasteiger partial charge in [-0.2, -0.15) is 9.61 Å². The first-order valence-corrected chi connectivity index (χ1v) is 8.22. The molecule has 0 fully saturated rings. The molecule has 3 heterocycles. The van der Waals surface area contributed by atoms with Crippen molar-refractivity contribution in [2.24, 2.45) is 0 Å². The second-order valence-corrected chi connectivity index (χ2v) is 6.72. The van der Waals surface area contributed by atoms with Crippen LogP contribution in [0.2, 0.25) is 0 Å². The number of hydrogen-bond donors (Lipinski definition) is 0. The predicted octanol–water partition coefficient (Wildman–Crippen LogP) is 1.86. The minimum absolute atomic E-state index is 0.131. The van der Waals surface area contributed by atoms with Crippen molar-refractivity contribution >= 4 is 39.4 Å². The van der Waals surface area contributed by atoms with E-state index in [1.807, 2.05) is 6.92 Å². The van der Waals surface area contributed by atoms with Gasteiger partial charge < -0.3 is 0 Å². The lowest BCUT2D eigenvalue weighted by atomic mass is 10.4. The number of aromatic nitrogens is 5. The molecule has 0 spiro atoms. The molecule has 0 radical (unpaired) electrons. The van der Waals surface area contributed by atoms with Gasteiger partial charge in [0.2, 0.25) is 4.96 Å². The van der Waals surface area contributed by atoms with E-state index in [9.17, 15) is 4.79 Å². The Hall–Kier alpha value is -1.32. The Morgan fingerprint density at radius 1 is 1.47 bits per heavy atom. The third kappa shape index (κ3) is 2.67. The van der Waals surface area contributed by atoms with Crippen LogP contribution < -0.4 is 5.56 Å². The van der Waals surface area contributed by atoms with Crippen LogP contribution in [-0.2, 0) is 12.2 Å². The number of nitrogens with zero attached hydrogens (tertiary/aromatic N) is 5. The first-order chi connectivity index (χ1) is 9.26. The molecule has 0 unspecified atom stereocenters. The summed E-state index contributed by atoms with van der Waals surface area (Å²) in [5, 5.41) is 12.8. The zero-order chi connectivity index (χ0) is 13.2. The normalized spacial score (nSPS) is 11.2. The van der Waals surface area contributed by atoms with Gasteiger partial charge in [0.1, 0.15) is 10.5 Å². The molecule has 0 aromatic carbocycles. The van der Waals surface area contributed by atoms with Gasteiger partial charge in [-0.25, -0.2) is 4.98 Å². The smallest absolute Gasteiger partial charge is 0.267 e. The van der Waals surface area contributed by atoms with Crippen molar-refractivity contribution in [1.29, 1.82) is 0 Å². The highest BCUT2D eigenvalue weighted by atomic mass is 32.2. The molecule has 0 N–H and O–H groups in total. The molecule has 3 rings (SSSR count). The van der Waals surface area contributed by atoms with E-state index >= 15 is 0 Å². The van der Waals surface area contributed by atoms with Gasteiger partial charge in [-0.3, -0.25) is 4.79 Å². The number of aryl methyl sites for hydroxylation is 1. The quantitative estimate of drug-likeness (QED) is 0.685. The second-order valence-electron chi connectivity index (χ2n) is 3.62. The molecule has 0 aliphatic carbocycles. The maximum absolute atomic E-state index is 11.9. The third-order valence-electron chi connectivity index (χ3n) is 2.33. The Bertz CT molecular complexity index is 748. The maximum Gasteiger partial charge on any atom is 0.275 e. The number of hydrogen-bond acceptors (Lipinski definition) is 8. The van der Waals surface area contributed by atoms with Crippen LogP contribution in [0.15, 0.2) is 20.7 Å². The summed E-state index contributed by atoms with van der Waals surface area (Å²) in [5.74, 6) is 0.611. The molecule has 6 nitrogen and oxygen atoms in total. The van der Waals surface area contributed by atoms with Gasteiger partial charge in [-0.1, -0.05) is 41.4 Å². The Morgan fingerprint density at radius 2 is 2.37 bits per heavy atom. The standard InChI is InChI=1S/C10H9N5OS3/c1-2-7-14-15-8(16)3-6(12-9(15)19-7)4-17-10-13-11-5-18-10/h3,5H,2,4H2,1H3. The first kappa shape index (κ1) is 12.7. The highest BCUT2D eigenvalue weighted by Gasteiger charge is 2.08. The lowest BCUT2D eigenvalue weighted by molar-refractivity contribution is 0.852. The first-order valence-electron chi connectivity index (χ1n) is 5.54. The molecule has 0 saturated carbocycles. The molecule has 0 atom stereocenters. The van der Waals surface area contributed by atoms with Crippen molar-refractivity contribution in [2.45, 2.75) is 23.4 Å². The highest BCUT2D eigenvalue weighted by Crippen LogP contribution is 2.23. The second kappa shape index (κ2) is 5.35. The van der Waals surface area contributed by atoms with E-state index in [-0.39, 0.29) is 5.56 Å². The van der Waals surface area contributed by atoms with Crippen LogP contribution in [0.25, 0.3) is 4.96 Å². The minimum atomic E-state index is -0.131. The van der Waals surface area contributed by atoms with Crippen LogP contribution in [0.1, 0.15) is 17.6 Å². The molecule has 19 heavy (non-hydrogen) atoms. The largest absolute Gasteiger partial charge is 0.275 e. The van der Waals surface area contributed by atoms with Gasteiger partial charge in [0, 0.05) is 11.8 Å². The molecular formula is C10H9N5OS3. The average Bonchev–Trinajstić information content (AvgIpc) is 3.05. The highest BCUT2D eigenvalue weighted by molar-refractivity contribution is 8.00. The Morgan fingerprint density at radius 3 is 3.11 bits per heavy atom. The average molecular weight is 311 g/mol. The molecule has 3 aromatic rings. The summed E-state index contributed by atoms with van der Waals surface area (Å²) in [4.78, 5) is 17.0. The van der Waals surface area contributed by atoms with Gasteiger partial charge in [0.15, 0.2) is 4.34 Å². The monoisotopic (exact) mass is 311 g/mol. The number of fused-ring (bicyclic) bond motifs is 1. The number of rotatable bonds is 4. The Balaban J connectivity index is 1.89.